The quantitative estimate of drug-likeness (QED) is 0.191. The molecule has 0 aromatic carbocycles. The maximum absolute atomic E-state index is 10.6. The van der Waals surface area contributed by atoms with E-state index in [2.05, 4.69) is 37.9 Å². The number of nitrogens with one attached hydrogen (secondary N) is 1. The molecule has 0 aromatic rings. The van der Waals surface area contributed by atoms with Gasteiger partial charge in [0.15, 0.2) is 0 Å². The predicted molar refractivity (Wildman–Crippen MR) is 43.8 cm³/mol. The SMILES string of the molecule is [N-]=[N+]=NC1C(=O)NC1CI. The van der Waals surface area contributed by atoms with Crippen molar-refractivity contribution in [2.75, 3.05) is 4.43 Å². The standard InChI is InChI=1S/C4H5IN4O/c5-1-2-3(8-9-6)4(10)7-2/h2-3H,1H2,(H,7,10). The fourth-order valence-corrected chi connectivity index (χ4v) is 1.45. The van der Waals surface area contributed by atoms with Crippen LogP contribution in [0.15, 0.2) is 5.11 Å². The number of hydrogen-bond donors (Lipinski definition) is 1. The molecular formula is C4H5IN4O. The first-order valence-electron chi connectivity index (χ1n) is 2.70. The van der Waals surface area contributed by atoms with Crippen LogP contribution in [0.1, 0.15) is 0 Å². The Morgan fingerprint density at radius 1 is 1.90 bits per heavy atom. The van der Waals surface area contributed by atoms with Gasteiger partial charge in [0.05, 0.1) is 6.04 Å². The van der Waals surface area contributed by atoms with E-state index in [0.29, 0.717) is 0 Å². The Bertz CT molecular complexity index is 197. The van der Waals surface area contributed by atoms with Gasteiger partial charge in [0, 0.05) is 9.34 Å². The number of alkyl halides is 1. The van der Waals surface area contributed by atoms with E-state index < -0.39 is 6.04 Å². The van der Waals surface area contributed by atoms with E-state index in [0.717, 1.165) is 4.43 Å². The first-order valence-corrected chi connectivity index (χ1v) is 4.22. The molecule has 2 unspecified atom stereocenters. The first kappa shape index (κ1) is 7.62. The van der Waals surface area contributed by atoms with Crippen LogP contribution in [0.2, 0.25) is 0 Å². The molecule has 0 aromatic heterocycles. The number of halogens is 1. The van der Waals surface area contributed by atoms with E-state index in [1.165, 1.54) is 0 Å². The predicted octanol–water partition coefficient (Wildman–Crippen LogP) is 0.599. The maximum Gasteiger partial charge on any atom is 0.231 e. The summed E-state index contributed by atoms with van der Waals surface area (Å²) in [6, 6.07) is -0.425. The number of rotatable bonds is 2. The summed E-state index contributed by atoms with van der Waals surface area (Å²) < 4.78 is 0.785. The van der Waals surface area contributed by atoms with Crippen molar-refractivity contribution in [2.24, 2.45) is 5.11 Å². The number of hydrogen-bond acceptors (Lipinski definition) is 2. The van der Waals surface area contributed by atoms with Crippen molar-refractivity contribution in [3.05, 3.63) is 10.4 Å². The Balaban J connectivity index is 2.55. The van der Waals surface area contributed by atoms with Crippen LogP contribution in [0, 0.1) is 0 Å². The van der Waals surface area contributed by atoms with Crippen LogP contribution in [0.25, 0.3) is 10.4 Å². The van der Waals surface area contributed by atoms with Crippen LogP contribution >= 0.6 is 22.6 Å². The summed E-state index contributed by atoms with van der Waals surface area (Å²) in [5.74, 6) is -0.167. The van der Waals surface area contributed by atoms with Crippen LogP contribution in [0.4, 0.5) is 0 Å². The molecule has 1 rings (SSSR count). The zero-order chi connectivity index (χ0) is 7.56. The van der Waals surface area contributed by atoms with Gasteiger partial charge in [-0.2, -0.15) is 0 Å². The first-order chi connectivity index (χ1) is 4.79. The highest BCUT2D eigenvalue weighted by Gasteiger charge is 2.37. The summed E-state index contributed by atoms with van der Waals surface area (Å²) in [5, 5.41) is 5.94. The lowest BCUT2D eigenvalue weighted by atomic mass is 10.0. The van der Waals surface area contributed by atoms with Gasteiger partial charge in [-0.1, -0.05) is 27.7 Å². The maximum atomic E-state index is 10.6. The number of nitrogens with zero attached hydrogens (tertiary/aromatic N) is 3. The Morgan fingerprint density at radius 2 is 2.60 bits per heavy atom. The molecule has 54 valence electrons. The average Bonchev–Trinajstić information content (AvgIpc) is 1.95. The van der Waals surface area contributed by atoms with E-state index in [1.807, 2.05) is 0 Å². The molecule has 6 heteroatoms. The van der Waals surface area contributed by atoms with Gasteiger partial charge in [-0.25, -0.2) is 0 Å². The summed E-state index contributed by atoms with van der Waals surface area (Å²) in [4.78, 5) is 13.2. The van der Waals surface area contributed by atoms with Crippen molar-refractivity contribution in [2.45, 2.75) is 12.1 Å². The van der Waals surface area contributed by atoms with Gasteiger partial charge in [0.2, 0.25) is 5.91 Å². The van der Waals surface area contributed by atoms with Gasteiger partial charge in [-0.05, 0) is 5.53 Å². The smallest absolute Gasteiger partial charge is 0.231 e. The summed E-state index contributed by atoms with van der Waals surface area (Å²) in [7, 11) is 0. The van der Waals surface area contributed by atoms with Crippen molar-refractivity contribution in [1.82, 2.24) is 5.32 Å². The number of β-lactam (4-membered cyclic amide) rings is 1. The second-order valence-corrected chi connectivity index (χ2v) is 2.80. The molecule has 0 aliphatic carbocycles. The normalized spacial score (nSPS) is 29.9. The Morgan fingerprint density at radius 3 is 3.00 bits per heavy atom. The molecule has 1 saturated heterocycles. The molecular weight excluding hydrogens is 247 g/mol. The summed E-state index contributed by atoms with van der Waals surface area (Å²) >= 11 is 2.13. The van der Waals surface area contributed by atoms with Crippen molar-refractivity contribution in [1.29, 1.82) is 0 Å². The second-order valence-electron chi connectivity index (χ2n) is 1.92. The van der Waals surface area contributed by atoms with Crippen molar-refractivity contribution < 1.29 is 4.79 Å². The molecule has 1 aliphatic rings. The van der Waals surface area contributed by atoms with Crippen LogP contribution in [-0.4, -0.2) is 22.4 Å². The number of carbonyl (C=O) groups excluding carboxylic acids is 1. The minimum Gasteiger partial charge on any atom is -0.351 e. The fraction of sp³-hybridized carbons (Fsp3) is 0.750. The van der Waals surface area contributed by atoms with Crippen LogP contribution < -0.4 is 5.32 Å². The second kappa shape index (κ2) is 3.07. The van der Waals surface area contributed by atoms with E-state index in [-0.39, 0.29) is 11.9 Å². The van der Waals surface area contributed by atoms with Gasteiger partial charge in [-0.3, -0.25) is 4.79 Å². The molecule has 10 heavy (non-hydrogen) atoms. The lowest BCUT2D eigenvalue weighted by Crippen LogP contribution is -2.62. The fourth-order valence-electron chi connectivity index (χ4n) is 0.745. The van der Waals surface area contributed by atoms with Gasteiger partial charge in [-0.15, -0.1) is 0 Å². The molecule has 1 fully saturated rings. The third-order valence-corrected chi connectivity index (χ3v) is 2.27. The lowest BCUT2D eigenvalue weighted by molar-refractivity contribution is -0.129. The molecule has 1 heterocycles. The zero-order valence-electron chi connectivity index (χ0n) is 4.99. The molecule has 5 nitrogen and oxygen atoms in total. The highest BCUT2D eigenvalue weighted by atomic mass is 127. The summed E-state index contributed by atoms with van der Waals surface area (Å²) in [6.45, 7) is 0. The van der Waals surface area contributed by atoms with Crippen LogP contribution in [-0.2, 0) is 4.79 Å². The topological polar surface area (TPSA) is 77.9 Å². The molecule has 2 atom stereocenters. The third-order valence-electron chi connectivity index (χ3n) is 1.32. The van der Waals surface area contributed by atoms with Crippen LogP contribution in [0.3, 0.4) is 0 Å². The Kier molecular flexibility index (Phi) is 2.34. The number of carbonyl (C=O) groups is 1. The molecule has 0 radical (unpaired) electrons. The minimum absolute atomic E-state index is 0.0454. The molecule has 0 saturated carbocycles. The van der Waals surface area contributed by atoms with Gasteiger partial charge in [0.1, 0.15) is 6.04 Å². The van der Waals surface area contributed by atoms with E-state index in [4.69, 9.17) is 5.53 Å². The highest BCUT2D eigenvalue weighted by molar-refractivity contribution is 14.1. The van der Waals surface area contributed by atoms with Crippen molar-refractivity contribution in [3.8, 4) is 0 Å². The largest absolute Gasteiger partial charge is 0.351 e. The molecule has 0 bridgehead atoms. The van der Waals surface area contributed by atoms with Crippen molar-refractivity contribution in [3.63, 3.8) is 0 Å². The molecule has 1 amide bonds. The van der Waals surface area contributed by atoms with E-state index >= 15 is 0 Å². The van der Waals surface area contributed by atoms with E-state index in [1.54, 1.807) is 0 Å². The van der Waals surface area contributed by atoms with Gasteiger partial charge in [0.25, 0.3) is 0 Å². The minimum atomic E-state index is -0.470. The monoisotopic (exact) mass is 252 g/mol. The third kappa shape index (κ3) is 1.17. The highest BCUT2D eigenvalue weighted by Crippen LogP contribution is 2.12. The van der Waals surface area contributed by atoms with Crippen molar-refractivity contribution >= 4 is 28.5 Å². The summed E-state index contributed by atoms with van der Waals surface area (Å²) in [5.41, 5.74) is 8.01. The van der Waals surface area contributed by atoms with Crippen LogP contribution in [0.5, 0.6) is 0 Å². The molecule has 1 N–H and O–H groups in total. The number of azide groups is 1. The number of amides is 1. The van der Waals surface area contributed by atoms with Gasteiger partial charge < -0.3 is 5.32 Å². The molecule has 1 aliphatic heterocycles. The Hall–Kier alpha value is -0.490. The molecule has 0 spiro atoms. The van der Waals surface area contributed by atoms with Gasteiger partial charge >= 0.3 is 0 Å². The average molecular weight is 252 g/mol. The Labute approximate surface area is 70.9 Å². The van der Waals surface area contributed by atoms with E-state index in [9.17, 15) is 4.79 Å². The zero-order valence-corrected chi connectivity index (χ0v) is 7.15. The lowest BCUT2D eigenvalue weighted by Gasteiger charge is -2.31. The summed E-state index contributed by atoms with van der Waals surface area (Å²) in [6.07, 6.45) is 0.